The van der Waals surface area contributed by atoms with E-state index in [4.69, 9.17) is 0 Å². The first kappa shape index (κ1) is 23.2. The van der Waals surface area contributed by atoms with E-state index in [9.17, 15) is 12.8 Å². The fourth-order valence-corrected chi connectivity index (χ4v) is 7.15. The van der Waals surface area contributed by atoms with Crippen LogP contribution in [-0.4, -0.2) is 58.5 Å². The molecule has 2 aromatic heterocycles. The molecule has 2 aliphatic heterocycles. The highest BCUT2D eigenvalue weighted by atomic mass is 32.2. The zero-order valence-electron chi connectivity index (χ0n) is 20.4. The molecule has 2 aliphatic rings. The largest absolute Gasteiger partial charge is 0.371 e. The number of nitrogens with zero attached hydrogens (tertiary/aromatic N) is 6. The van der Waals surface area contributed by atoms with Gasteiger partial charge in [0.15, 0.2) is 0 Å². The molecule has 36 heavy (non-hydrogen) atoms. The summed E-state index contributed by atoms with van der Waals surface area (Å²) in [6.45, 7) is 5.06. The molecular weight excluding hydrogens is 479 g/mol. The van der Waals surface area contributed by atoms with Gasteiger partial charge >= 0.3 is 0 Å². The minimum Gasteiger partial charge on any atom is -0.371 e. The van der Waals surface area contributed by atoms with Crippen molar-refractivity contribution < 1.29 is 12.8 Å². The van der Waals surface area contributed by atoms with Crippen LogP contribution in [0.2, 0.25) is 0 Å². The summed E-state index contributed by atoms with van der Waals surface area (Å²) in [7, 11) is -1.77. The van der Waals surface area contributed by atoms with E-state index in [1.807, 2.05) is 10.9 Å². The average Bonchev–Trinajstić information content (AvgIpc) is 3.59. The summed E-state index contributed by atoms with van der Waals surface area (Å²) in [4.78, 5) is 2.70. The third-order valence-electron chi connectivity index (χ3n) is 7.84. The zero-order chi connectivity index (χ0) is 25.1. The summed E-state index contributed by atoms with van der Waals surface area (Å²) >= 11 is 0. The minimum absolute atomic E-state index is 0.126. The highest BCUT2D eigenvalue weighted by Crippen LogP contribution is 2.44. The van der Waals surface area contributed by atoms with E-state index >= 15 is 0 Å². The molecule has 0 atom stereocenters. The maximum absolute atomic E-state index is 13.4. The van der Waals surface area contributed by atoms with Crippen molar-refractivity contribution >= 4 is 26.6 Å². The maximum Gasteiger partial charge on any atom is 0.246 e. The first-order valence-corrected chi connectivity index (χ1v) is 13.7. The van der Waals surface area contributed by atoms with Crippen molar-refractivity contribution in [1.82, 2.24) is 23.9 Å². The fraction of sp³-hybridized carbons (Fsp3) is 0.385. The van der Waals surface area contributed by atoms with Gasteiger partial charge in [-0.3, -0.25) is 4.68 Å². The molecule has 0 amide bonds. The fourth-order valence-electron chi connectivity index (χ4n) is 5.73. The molecule has 2 fully saturated rings. The summed E-state index contributed by atoms with van der Waals surface area (Å²) in [6, 6.07) is 10.7. The van der Waals surface area contributed by atoms with Gasteiger partial charge in [0.1, 0.15) is 10.7 Å². The van der Waals surface area contributed by atoms with Crippen LogP contribution in [0.15, 0.2) is 59.9 Å². The number of anilines is 1. The van der Waals surface area contributed by atoms with Crippen LogP contribution in [0.3, 0.4) is 0 Å². The quantitative estimate of drug-likeness (QED) is 0.418. The van der Waals surface area contributed by atoms with Crippen molar-refractivity contribution in [3.63, 3.8) is 0 Å². The Bertz CT molecular complexity index is 1530. The van der Waals surface area contributed by atoms with Gasteiger partial charge in [0.25, 0.3) is 0 Å². The van der Waals surface area contributed by atoms with Gasteiger partial charge in [0.05, 0.1) is 23.6 Å². The van der Waals surface area contributed by atoms with Crippen molar-refractivity contribution in [3.05, 3.63) is 66.4 Å². The van der Waals surface area contributed by atoms with E-state index in [2.05, 4.69) is 34.2 Å². The Morgan fingerprint density at radius 3 is 2.39 bits per heavy atom. The molecule has 6 rings (SSSR count). The molecule has 0 radical (unpaired) electrons. The van der Waals surface area contributed by atoms with Crippen molar-refractivity contribution in [1.29, 1.82) is 0 Å². The van der Waals surface area contributed by atoms with E-state index < -0.39 is 10.0 Å². The molecule has 0 bridgehead atoms. The summed E-state index contributed by atoms with van der Waals surface area (Å²) in [5.74, 6) is -0.267. The molecule has 0 unspecified atom stereocenters. The number of rotatable bonds is 4. The smallest absolute Gasteiger partial charge is 0.246 e. The van der Waals surface area contributed by atoms with Gasteiger partial charge in [-0.1, -0.05) is 0 Å². The number of fused-ring (bicyclic) bond motifs is 1. The highest BCUT2D eigenvalue weighted by molar-refractivity contribution is 7.89. The number of aryl methyl sites for hydroxylation is 2. The Labute approximate surface area is 210 Å². The van der Waals surface area contributed by atoms with Gasteiger partial charge in [-0.05, 0) is 73.6 Å². The molecule has 0 N–H and O–H groups in total. The number of hydrogen-bond acceptors (Lipinski definition) is 5. The zero-order valence-corrected chi connectivity index (χ0v) is 21.2. The van der Waals surface area contributed by atoms with Crippen LogP contribution < -0.4 is 4.90 Å². The van der Waals surface area contributed by atoms with Crippen LogP contribution >= 0.6 is 0 Å². The summed E-state index contributed by atoms with van der Waals surface area (Å²) < 4.78 is 44.4. The Morgan fingerprint density at radius 2 is 1.69 bits per heavy atom. The normalized spacial score (nSPS) is 18.5. The molecule has 188 valence electrons. The van der Waals surface area contributed by atoms with E-state index in [-0.39, 0.29) is 16.1 Å². The van der Waals surface area contributed by atoms with Crippen molar-refractivity contribution in [2.45, 2.75) is 31.1 Å². The van der Waals surface area contributed by atoms with Crippen LogP contribution in [-0.2, 0) is 17.1 Å². The van der Waals surface area contributed by atoms with Crippen molar-refractivity contribution in [2.24, 2.45) is 12.5 Å². The van der Waals surface area contributed by atoms with Crippen molar-refractivity contribution in [3.8, 4) is 5.69 Å². The predicted octanol–water partition coefficient (Wildman–Crippen LogP) is 3.89. The van der Waals surface area contributed by atoms with Gasteiger partial charge in [0.2, 0.25) is 10.0 Å². The number of halogens is 1. The lowest BCUT2D eigenvalue weighted by Crippen LogP contribution is -2.44. The topological polar surface area (TPSA) is 76.3 Å². The van der Waals surface area contributed by atoms with Gasteiger partial charge in [0, 0.05) is 50.5 Å². The van der Waals surface area contributed by atoms with Crippen LogP contribution in [0.5, 0.6) is 0 Å². The third kappa shape index (κ3) is 3.88. The van der Waals surface area contributed by atoms with Gasteiger partial charge in [-0.15, -0.1) is 0 Å². The second kappa shape index (κ2) is 8.41. The molecular formula is C26H29FN6O2S. The van der Waals surface area contributed by atoms with Gasteiger partial charge in [-0.25, -0.2) is 17.5 Å². The summed E-state index contributed by atoms with van der Waals surface area (Å²) in [6.07, 6.45) is 7.61. The third-order valence-corrected chi connectivity index (χ3v) is 9.69. The number of aromatic nitrogens is 4. The van der Waals surface area contributed by atoms with Crippen molar-refractivity contribution in [2.75, 3.05) is 31.1 Å². The molecule has 0 aliphatic carbocycles. The molecule has 4 heterocycles. The Hall–Kier alpha value is -3.24. The lowest BCUT2D eigenvalue weighted by Gasteiger charge is -2.38. The lowest BCUT2D eigenvalue weighted by molar-refractivity contribution is 0.177. The Balaban J connectivity index is 1.19. The van der Waals surface area contributed by atoms with E-state index in [1.54, 1.807) is 29.7 Å². The second-order valence-corrected chi connectivity index (χ2v) is 12.1. The van der Waals surface area contributed by atoms with Crippen LogP contribution in [0.1, 0.15) is 24.8 Å². The van der Waals surface area contributed by atoms with Gasteiger partial charge < -0.3 is 4.90 Å². The monoisotopic (exact) mass is 508 g/mol. The van der Waals surface area contributed by atoms with Gasteiger partial charge in [-0.2, -0.15) is 14.5 Å². The van der Waals surface area contributed by atoms with Crippen LogP contribution in [0.4, 0.5) is 10.1 Å². The second-order valence-electron chi connectivity index (χ2n) is 10.2. The molecule has 8 nitrogen and oxygen atoms in total. The predicted molar refractivity (Wildman–Crippen MR) is 136 cm³/mol. The molecule has 2 saturated heterocycles. The average molecular weight is 509 g/mol. The number of benzene rings is 2. The highest BCUT2D eigenvalue weighted by Gasteiger charge is 2.43. The molecule has 10 heteroatoms. The van der Waals surface area contributed by atoms with E-state index in [1.165, 1.54) is 34.3 Å². The van der Waals surface area contributed by atoms with E-state index in [0.29, 0.717) is 13.1 Å². The molecule has 4 aromatic rings. The van der Waals surface area contributed by atoms with Crippen LogP contribution in [0, 0.1) is 18.2 Å². The van der Waals surface area contributed by atoms with E-state index in [0.717, 1.165) is 48.9 Å². The Kier molecular flexibility index (Phi) is 5.42. The first-order valence-electron chi connectivity index (χ1n) is 12.2. The SMILES string of the molecule is Cc1cc2c(cnn2-c2ccc(F)cc2)cc1N1CCC2(CCN(S(=O)(=O)c3cnn(C)c3)CC2)C1. The number of piperidine rings is 1. The molecule has 2 aromatic carbocycles. The van der Waals surface area contributed by atoms with Crippen LogP contribution in [0.25, 0.3) is 16.6 Å². The molecule has 0 saturated carbocycles. The number of sulfonamides is 1. The summed E-state index contributed by atoms with van der Waals surface area (Å²) in [5, 5.41) is 9.62. The lowest BCUT2D eigenvalue weighted by atomic mass is 9.78. The Morgan fingerprint density at radius 1 is 0.972 bits per heavy atom. The summed E-state index contributed by atoms with van der Waals surface area (Å²) in [5.41, 5.74) is 4.31. The standard InChI is InChI=1S/C26H29FN6O2S/c1-19-13-25-20(15-29-33(25)22-5-3-21(27)4-6-22)14-24(19)31-10-7-26(18-31)8-11-32(12-9-26)36(34,35)23-16-28-30(2)17-23/h3-6,13-17H,7-12,18H2,1-2H3. The maximum atomic E-state index is 13.4. The first-order chi connectivity index (χ1) is 17.2. The number of hydrogen-bond donors (Lipinski definition) is 0. The molecule has 1 spiro atoms. The minimum atomic E-state index is -3.50.